The van der Waals surface area contributed by atoms with E-state index in [2.05, 4.69) is 55.6 Å². The van der Waals surface area contributed by atoms with Crippen LogP contribution < -0.4 is 5.32 Å². The van der Waals surface area contributed by atoms with Gasteiger partial charge in [-0.3, -0.25) is 13.8 Å². The van der Waals surface area contributed by atoms with Crippen molar-refractivity contribution in [1.29, 1.82) is 0 Å². The Morgan fingerprint density at radius 2 is 0.725 bits per heavy atom. The lowest BCUT2D eigenvalue weighted by Crippen LogP contribution is -2.45. The van der Waals surface area contributed by atoms with Crippen molar-refractivity contribution < 1.29 is 32.9 Å². The molecule has 0 bridgehead atoms. The molecule has 0 aromatic carbocycles. The van der Waals surface area contributed by atoms with E-state index < -0.39 is 20.0 Å². The SMILES string of the molecule is CCCCCCC/C=C\C/C=C\CCCCCCCCCCCCCCCCCCCCCCCCCCCCCC(=O)NC(COP(=O)(O)OCC[N+](C)(C)C)C(O)/C=C/CC/C=C/CCCCCCCCCCCCCCC. The number of aliphatic hydroxyl groups is 1. The smallest absolute Gasteiger partial charge is 0.387 e. The Balaban J connectivity index is 3.94. The minimum absolute atomic E-state index is 0.0577. The second kappa shape index (κ2) is 62.0. The van der Waals surface area contributed by atoms with E-state index in [-0.39, 0.29) is 19.1 Å². The number of aliphatic hydroxyl groups excluding tert-OH is 1. The number of hydrogen-bond acceptors (Lipinski definition) is 5. The summed E-state index contributed by atoms with van der Waals surface area (Å²) in [6, 6.07) is -0.863. The van der Waals surface area contributed by atoms with Gasteiger partial charge in [0.15, 0.2) is 0 Å². The summed E-state index contributed by atoms with van der Waals surface area (Å²) >= 11 is 0. The number of carbonyl (C=O) groups is 1. The highest BCUT2D eigenvalue weighted by molar-refractivity contribution is 7.47. The van der Waals surface area contributed by atoms with Crippen LogP contribution in [0.4, 0.5) is 0 Å². The molecule has 0 saturated carbocycles. The van der Waals surface area contributed by atoms with Gasteiger partial charge in [-0.15, -0.1) is 0 Å². The van der Waals surface area contributed by atoms with Gasteiger partial charge in [0.25, 0.3) is 0 Å². The normalized spacial score (nSPS) is 13.9. The quantitative estimate of drug-likeness (QED) is 0.0243. The molecule has 3 N–H and O–H groups in total. The minimum Gasteiger partial charge on any atom is -0.387 e. The molecule has 0 aliphatic rings. The maximum atomic E-state index is 13.0. The maximum absolute atomic E-state index is 13.0. The minimum atomic E-state index is -4.36. The van der Waals surface area contributed by atoms with Gasteiger partial charge < -0.3 is 19.8 Å². The number of unbranched alkanes of at least 4 members (excludes halogenated alkanes) is 46. The molecule has 0 aliphatic carbocycles. The number of rotatable bonds is 65. The molecule has 0 aromatic heterocycles. The molecule has 0 aliphatic heterocycles. The molecule has 0 spiro atoms. The number of hydrogen-bond donors (Lipinski definition) is 3. The summed E-state index contributed by atoms with van der Waals surface area (Å²) in [4.78, 5) is 23.4. The van der Waals surface area contributed by atoms with Gasteiger partial charge in [0.05, 0.1) is 39.9 Å². The van der Waals surface area contributed by atoms with Crippen LogP contribution in [0, 0.1) is 0 Å². The van der Waals surface area contributed by atoms with E-state index in [1.807, 2.05) is 27.2 Å². The summed E-state index contributed by atoms with van der Waals surface area (Å²) in [5.41, 5.74) is 0. The fourth-order valence-corrected chi connectivity index (χ4v) is 11.3. The molecule has 0 radical (unpaired) electrons. The third kappa shape index (κ3) is 64.0. The topological polar surface area (TPSA) is 105 Å². The third-order valence-corrected chi connectivity index (χ3v) is 17.0. The first-order valence-electron chi connectivity index (χ1n) is 35.0. The van der Waals surface area contributed by atoms with Crippen LogP contribution in [0.3, 0.4) is 0 Å². The van der Waals surface area contributed by atoms with E-state index in [0.717, 1.165) is 44.9 Å². The second-order valence-electron chi connectivity index (χ2n) is 25.3. The standard InChI is InChI=1S/C71H137N2O6P/c1-6-8-10-12-14-16-18-20-22-24-26-27-28-29-30-31-32-33-34-35-36-37-38-39-40-41-42-43-44-45-47-49-51-53-55-57-59-61-63-65-71(75)72-69(68-79-80(76,77)78-67-66-73(3,4)5)70(74)64-62-60-58-56-54-52-50-48-46-25-23-21-19-17-15-13-11-9-7-2/h18,20,24,26,54,56,62,64,69-70,74H,6-17,19,21-23,25,27-53,55,57-61,63,65-68H2,1-5H3,(H-,72,75,76,77)/p+1/b20-18-,26-24-,56-54+,64-62+. The van der Waals surface area contributed by atoms with Crippen molar-refractivity contribution in [3.05, 3.63) is 48.6 Å². The lowest BCUT2D eigenvalue weighted by atomic mass is 10.0. The third-order valence-electron chi connectivity index (χ3n) is 16.0. The van der Waals surface area contributed by atoms with E-state index in [9.17, 15) is 19.4 Å². The number of carbonyl (C=O) groups excluding carboxylic acids is 1. The molecular formula is C71H138N2O6P+. The molecule has 9 heteroatoms. The highest BCUT2D eigenvalue weighted by Crippen LogP contribution is 2.43. The van der Waals surface area contributed by atoms with E-state index in [1.165, 1.54) is 283 Å². The molecule has 3 unspecified atom stereocenters. The molecule has 8 nitrogen and oxygen atoms in total. The van der Waals surface area contributed by atoms with Crippen LogP contribution in [0.2, 0.25) is 0 Å². The second-order valence-corrected chi connectivity index (χ2v) is 26.7. The van der Waals surface area contributed by atoms with Crippen LogP contribution >= 0.6 is 7.82 Å². The van der Waals surface area contributed by atoms with E-state index in [4.69, 9.17) is 9.05 Å². The largest absolute Gasteiger partial charge is 0.472 e. The van der Waals surface area contributed by atoms with Crippen LogP contribution in [0.25, 0.3) is 0 Å². The van der Waals surface area contributed by atoms with Crippen molar-refractivity contribution in [2.45, 2.75) is 360 Å². The maximum Gasteiger partial charge on any atom is 0.472 e. The highest BCUT2D eigenvalue weighted by atomic mass is 31.2. The van der Waals surface area contributed by atoms with E-state index >= 15 is 0 Å². The Bertz CT molecular complexity index is 1440. The van der Waals surface area contributed by atoms with Gasteiger partial charge in [0.1, 0.15) is 13.2 Å². The number of quaternary nitrogens is 1. The lowest BCUT2D eigenvalue weighted by molar-refractivity contribution is -0.870. The van der Waals surface area contributed by atoms with Crippen LogP contribution in [0.5, 0.6) is 0 Å². The zero-order valence-corrected chi connectivity index (χ0v) is 55.0. The summed E-state index contributed by atoms with van der Waals surface area (Å²) in [6.45, 7) is 4.83. The molecular weight excluding hydrogens is 1010 g/mol. The number of phosphoric ester groups is 1. The highest BCUT2D eigenvalue weighted by Gasteiger charge is 2.28. The Morgan fingerprint density at radius 1 is 0.425 bits per heavy atom. The first kappa shape index (κ1) is 78.5. The molecule has 0 fully saturated rings. The fourth-order valence-electron chi connectivity index (χ4n) is 10.6. The molecule has 472 valence electrons. The summed E-state index contributed by atoms with van der Waals surface area (Å²) in [5, 5.41) is 14.0. The Kier molecular flexibility index (Phi) is 60.8. The van der Waals surface area contributed by atoms with Gasteiger partial charge in [-0.25, -0.2) is 4.57 Å². The molecule has 0 rings (SSSR count). The van der Waals surface area contributed by atoms with Crippen molar-refractivity contribution in [2.24, 2.45) is 0 Å². The van der Waals surface area contributed by atoms with Gasteiger partial charge in [0, 0.05) is 6.42 Å². The van der Waals surface area contributed by atoms with Crippen LogP contribution in [-0.2, 0) is 18.4 Å². The fraction of sp³-hybridized carbons (Fsp3) is 0.873. The van der Waals surface area contributed by atoms with Crippen molar-refractivity contribution in [1.82, 2.24) is 5.32 Å². The molecule has 3 atom stereocenters. The van der Waals surface area contributed by atoms with E-state index in [1.54, 1.807) is 6.08 Å². The zero-order valence-electron chi connectivity index (χ0n) is 54.1. The number of allylic oxidation sites excluding steroid dienone is 7. The predicted octanol–water partition coefficient (Wildman–Crippen LogP) is 22.2. The van der Waals surface area contributed by atoms with E-state index in [0.29, 0.717) is 17.4 Å². The number of amides is 1. The van der Waals surface area contributed by atoms with Crippen molar-refractivity contribution in [3.8, 4) is 0 Å². The Labute approximate surface area is 499 Å². The van der Waals surface area contributed by atoms with Crippen LogP contribution in [0.1, 0.15) is 348 Å². The van der Waals surface area contributed by atoms with Crippen molar-refractivity contribution in [2.75, 3.05) is 40.9 Å². The number of nitrogens with zero attached hydrogens (tertiary/aromatic N) is 1. The predicted molar refractivity (Wildman–Crippen MR) is 351 cm³/mol. The molecule has 1 amide bonds. The van der Waals surface area contributed by atoms with Gasteiger partial charge in [0.2, 0.25) is 5.91 Å². The first-order chi connectivity index (χ1) is 39.0. The van der Waals surface area contributed by atoms with Crippen molar-refractivity contribution >= 4 is 13.7 Å². The molecule has 0 aromatic rings. The van der Waals surface area contributed by atoms with Gasteiger partial charge in [-0.05, 0) is 64.2 Å². The van der Waals surface area contributed by atoms with Gasteiger partial charge >= 0.3 is 7.82 Å². The molecule has 80 heavy (non-hydrogen) atoms. The van der Waals surface area contributed by atoms with Crippen LogP contribution in [-0.4, -0.2) is 73.4 Å². The summed E-state index contributed by atoms with van der Waals surface area (Å²) in [7, 11) is 1.57. The number of nitrogens with one attached hydrogen (secondary N) is 1. The summed E-state index contributed by atoms with van der Waals surface area (Å²) in [6.07, 6.45) is 84.2. The number of likely N-dealkylation sites (N-methyl/N-ethyl adjacent to an activating group) is 1. The van der Waals surface area contributed by atoms with Gasteiger partial charge in [-0.2, -0.15) is 0 Å². The zero-order chi connectivity index (χ0) is 58.4. The monoisotopic (exact) mass is 1150 g/mol. The number of phosphoric acid groups is 1. The average Bonchev–Trinajstić information content (AvgIpc) is 3.42. The molecule has 0 saturated heterocycles. The summed E-state index contributed by atoms with van der Waals surface area (Å²) < 4.78 is 23.8. The first-order valence-corrected chi connectivity index (χ1v) is 36.5. The summed E-state index contributed by atoms with van der Waals surface area (Å²) in [5.74, 6) is -0.180. The molecule has 0 heterocycles. The lowest BCUT2D eigenvalue weighted by Gasteiger charge is -2.25. The van der Waals surface area contributed by atoms with Crippen molar-refractivity contribution in [3.63, 3.8) is 0 Å². The van der Waals surface area contributed by atoms with Gasteiger partial charge in [-0.1, -0.05) is 326 Å². The average molecular weight is 1150 g/mol. The Hall–Kier alpha value is -1.54. The Morgan fingerprint density at radius 3 is 1.07 bits per heavy atom. The van der Waals surface area contributed by atoms with Crippen LogP contribution in [0.15, 0.2) is 48.6 Å².